The highest BCUT2D eigenvalue weighted by Crippen LogP contribution is 2.58. The Balaban J connectivity index is 1.37. The monoisotopic (exact) mass is 456 g/mol. The topological polar surface area (TPSA) is 50.8 Å². The molecule has 0 aromatic heterocycles. The quantitative estimate of drug-likeness (QED) is 0.519. The summed E-state index contributed by atoms with van der Waals surface area (Å²) < 4.78 is 10.2. The lowest BCUT2D eigenvalue weighted by Gasteiger charge is -2.54. The van der Waals surface area contributed by atoms with Crippen LogP contribution < -0.4 is 15.0 Å². The van der Waals surface area contributed by atoms with Crippen molar-refractivity contribution in [3.8, 4) is 5.75 Å². The van der Waals surface area contributed by atoms with Crippen LogP contribution in [-0.2, 0) is 14.9 Å². The van der Waals surface area contributed by atoms with Gasteiger partial charge in [-0.25, -0.2) is 4.79 Å². The van der Waals surface area contributed by atoms with Gasteiger partial charge in [-0.3, -0.25) is 0 Å². The molecule has 0 saturated heterocycles. The van der Waals surface area contributed by atoms with Crippen molar-refractivity contribution in [3.05, 3.63) is 53.1 Å². The molecule has 1 N–H and O–H groups in total. The van der Waals surface area contributed by atoms with Crippen molar-refractivity contribution in [1.29, 1.82) is 0 Å². The van der Waals surface area contributed by atoms with Crippen molar-refractivity contribution in [2.24, 2.45) is 5.41 Å². The summed E-state index contributed by atoms with van der Waals surface area (Å²) in [5.41, 5.74) is 4.13. The van der Waals surface area contributed by atoms with Crippen LogP contribution in [0.2, 0.25) is 5.02 Å². The number of benzene rings is 2. The minimum atomic E-state index is -0.382. The molecule has 32 heavy (non-hydrogen) atoms. The van der Waals surface area contributed by atoms with Gasteiger partial charge < -0.3 is 19.7 Å². The molecule has 5 nitrogen and oxygen atoms in total. The second kappa shape index (κ2) is 9.22. The average Bonchev–Trinajstić information content (AvgIpc) is 2.82. The number of ether oxygens (including phenoxy) is 2. The van der Waals surface area contributed by atoms with Gasteiger partial charge in [-0.05, 0) is 79.2 Å². The maximum Gasteiger partial charge on any atom is 0.343 e. The van der Waals surface area contributed by atoms with Crippen molar-refractivity contribution in [1.82, 2.24) is 0 Å². The van der Waals surface area contributed by atoms with Crippen LogP contribution in [0.15, 0.2) is 42.5 Å². The second-order valence-corrected chi connectivity index (χ2v) is 9.99. The van der Waals surface area contributed by atoms with Gasteiger partial charge in [-0.2, -0.15) is 0 Å². The lowest BCUT2D eigenvalue weighted by atomic mass is 9.52. The maximum atomic E-state index is 11.3. The normalized spacial score (nSPS) is 24.1. The van der Waals surface area contributed by atoms with E-state index in [4.69, 9.17) is 16.3 Å². The number of esters is 1. The average molecular weight is 457 g/mol. The fourth-order valence-corrected chi connectivity index (χ4v) is 5.70. The summed E-state index contributed by atoms with van der Waals surface area (Å²) in [7, 11) is 5.42. The van der Waals surface area contributed by atoms with E-state index in [-0.39, 0.29) is 18.0 Å². The van der Waals surface area contributed by atoms with Gasteiger partial charge >= 0.3 is 5.97 Å². The molecule has 5 rings (SSSR count). The van der Waals surface area contributed by atoms with Crippen LogP contribution in [0.25, 0.3) is 0 Å². The molecule has 3 aliphatic rings. The fraction of sp³-hybridized carbons (Fsp3) is 0.500. The minimum Gasteiger partial charge on any atom is -0.482 e. The largest absolute Gasteiger partial charge is 0.482 e. The number of rotatable bonds is 8. The number of methoxy groups -OCH3 is 1. The van der Waals surface area contributed by atoms with E-state index in [0.29, 0.717) is 11.2 Å². The van der Waals surface area contributed by atoms with E-state index in [0.717, 1.165) is 22.9 Å². The Morgan fingerprint density at radius 3 is 2.41 bits per heavy atom. The Hall–Kier alpha value is -2.40. The maximum absolute atomic E-state index is 11.3. The van der Waals surface area contributed by atoms with Crippen molar-refractivity contribution < 1.29 is 14.3 Å². The first kappa shape index (κ1) is 22.8. The number of carbonyl (C=O) groups excluding carboxylic acids is 1. The molecule has 0 spiro atoms. The first-order chi connectivity index (χ1) is 15.3. The number of nitrogens with zero attached hydrogens (tertiary/aromatic N) is 1. The van der Waals surface area contributed by atoms with Crippen LogP contribution in [0.3, 0.4) is 0 Å². The molecule has 0 unspecified atom stereocenters. The van der Waals surface area contributed by atoms with E-state index in [1.54, 1.807) is 0 Å². The molecule has 3 aliphatic carbocycles. The molecule has 0 amide bonds. The van der Waals surface area contributed by atoms with Gasteiger partial charge in [-0.15, -0.1) is 0 Å². The number of hydrogen-bond donors (Lipinski definition) is 1. The third kappa shape index (κ3) is 4.68. The van der Waals surface area contributed by atoms with Gasteiger partial charge in [0.25, 0.3) is 0 Å². The molecule has 2 bridgehead atoms. The summed E-state index contributed by atoms with van der Waals surface area (Å²) in [4.78, 5) is 13.4. The van der Waals surface area contributed by atoms with E-state index in [9.17, 15) is 4.79 Å². The molecule has 2 aromatic carbocycles. The molecule has 0 atom stereocenters. The van der Waals surface area contributed by atoms with Crippen LogP contribution in [0.1, 0.15) is 44.1 Å². The highest BCUT2D eigenvalue weighted by atomic mass is 35.5. The molecule has 3 saturated carbocycles. The zero-order valence-electron chi connectivity index (χ0n) is 19.2. The number of fused-ring (bicyclic) bond motifs is 3. The van der Waals surface area contributed by atoms with Gasteiger partial charge in [-0.1, -0.05) is 23.7 Å². The summed E-state index contributed by atoms with van der Waals surface area (Å²) in [5.74, 6) is 0.287. The zero-order chi connectivity index (χ0) is 22.8. The molecule has 0 radical (unpaired) electrons. The number of nitrogens with one attached hydrogen (secondary N) is 1. The molecule has 172 valence electrons. The summed E-state index contributed by atoms with van der Waals surface area (Å²) in [6.07, 6.45) is 7.33. The van der Waals surface area contributed by atoms with Crippen LogP contribution in [0.4, 0.5) is 11.4 Å². The second-order valence-electron chi connectivity index (χ2n) is 9.59. The number of carbonyl (C=O) groups is 1. The Morgan fingerprint density at radius 1 is 1.06 bits per heavy atom. The molecular formula is C26H33ClN2O3. The molecular weight excluding hydrogens is 424 g/mol. The minimum absolute atomic E-state index is 0.0779. The van der Waals surface area contributed by atoms with E-state index in [1.165, 1.54) is 51.2 Å². The number of halogens is 1. The zero-order valence-corrected chi connectivity index (χ0v) is 20.0. The van der Waals surface area contributed by atoms with Crippen LogP contribution >= 0.6 is 11.6 Å². The lowest BCUT2D eigenvalue weighted by molar-refractivity contribution is -0.142. The van der Waals surface area contributed by atoms with Crippen molar-refractivity contribution >= 4 is 28.9 Å². The Morgan fingerprint density at radius 2 is 1.78 bits per heavy atom. The van der Waals surface area contributed by atoms with Gasteiger partial charge in [0, 0.05) is 32.4 Å². The van der Waals surface area contributed by atoms with E-state index < -0.39 is 0 Å². The van der Waals surface area contributed by atoms with E-state index in [2.05, 4.69) is 33.2 Å². The van der Waals surface area contributed by atoms with E-state index >= 15 is 0 Å². The highest BCUT2D eigenvalue weighted by Gasteiger charge is 2.49. The predicted molar refractivity (Wildman–Crippen MR) is 130 cm³/mol. The Kier molecular flexibility index (Phi) is 6.57. The van der Waals surface area contributed by atoms with Gasteiger partial charge in [0.05, 0.1) is 17.8 Å². The fourth-order valence-electron chi connectivity index (χ4n) is 5.35. The standard InChI is InChI=1S/C26H33ClN2O3/c1-29(2)23-8-7-19(15-22(23)27)26-12-9-25(10-13-26,11-14-26)18-28-20-5-4-6-21(16-20)32-17-24(30)31-3/h4-8,15-16,28H,9-14,17-18H2,1-3H3. The summed E-state index contributed by atoms with van der Waals surface area (Å²) >= 11 is 6.59. The summed E-state index contributed by atoms with van der Waals surface area (Å²) in [6.45, 7) is 0.884. The van der Waals surface area contributed by atoms with Gasteiger partial charge in [0.15, 0.2) is 6.61 Å². The molecule has 0 heterocycles. The first-order valence-corrected chi connectivity index (χ1v) is 11.7. The Bertz CT molecular complexity index is 951. The molecule has 3 fully saturated rings. The third-order valence-corrected chi connectivity index (χ3v) is 7.83. The molecule has 2 aromatic rings. The first-order valence-electron chi connectivity index (χ1n) is 11.4. The van der Waals surface area contributed by atoms with Crippen molar-refractivity contribution in [2.75, 3.05) is 44.6 Å². The Labute approximate surface area is 196 Å². The summed E-state index contributed by atoms with van der Waals surface area (Å²) in [5, 5.41) is 4.48. The van der Waals surface area contributed by atoms with Crippen LogP contribution in [-0.4, -0.2) is 40.3 Å². The van der Waals surface area contributed by atoms with Crippen molar-refractivity contribution in [2.45, 2.75) is 43.9 Å². The van der Waals surface area contributed by atoms with Crippen molar-refractivity contribution in [3.63, 3.8) is 0 Å². The van der Waals surface area contributed by atoms with Gasteiger partial charge in [0.2, 0.25) is 0 Å². The smallest absolute Gasteiger partial charge is 0.343 e. The predicted octanol–water partition coefficient (Wildman–Crippen LogP) is 5.66. The highest BCUT2D eigenvalue weighted by molar-refractivity contribution is 6.33. The summed E-state index contributed by atoms with van der Waals surface area (Å²) in [6, 6.07) is 14.5. The molecule has 6 heteroatoms. The van der Waals surface area contributed by atoms with Gasteiger partial charge in [0.1, 0.15) is 5.75 Å². The van der Waals surface area contributed by atoms with Crippen LogP contribution in [0, 0.1) is 5.41 Å². The third-order valence-electron chi connectivity index (χ3n) is 7.53. The molecule has 0 aliphatic heterocycles. The van der Waals surface area contributed by atoms with Crippen LogP contribution in [0.5, 0.6) is 5.75 Å². The van der Waals surface area contributed by atoms with E-state index in [1.807, 2.05) is 38.4 Å². The number of anilines is 2. The SMILES string of the molecule is COC(=O)COc1cccc(NCC23CCC(c4ccc(N(C)C)c(Cl)c4)(CC2)CC3)c1. The number of hydrogen-bond acceptors (Lipinski definition) is 5. The lowest BCUT2D eigenvalue weighted by Crippen LogP contribution is -2.47.